The van der Waals surface area contributed by atoms with Crippen molar-refractivity contribution in [3.05, 3.63) is 42.0 Å². The molecule has 0 radical (unpaired) electrons. The zero-order valence-electron chi connectivity index (χ0n) is 15.0. The summed E-state index contributed by atoms with van der Waals surface area (Å²) in [5.41, 5.74) is 1.16. The van der Waals surface area contributed by atoms with Crippen LogP contribution in [0.1, 0.15) is 39.3 Å². The first-order chi connectivity index (χ1) is 11.9. The molecule has 0 spiro atoms. The number of aliphatic imine (C=N–C) groups is 1. The minimum Gasteiger partial charge on any atom is -0.491 e. The third-order valence-electron chi connectivity index (χ3n) is 3.77. The zero-order valence-corrected chi connectivity index (χ0v) is 15.0. The van der Waals surface area contributed by atoms with Crippen molar-refractivity contribution < 1.29 is 19.1 Å². The van der Waals surface area contributed by atoms with Crippen molar-refractivity contribution in [1.29, 1.82) is 0 Å². The summed E-state index contributed by atoms with van der Waals surface area (Å²) < 4.78 is 11.1. The number of rotatable bonds is 6. The van der Waals surface area contributed by atoms with Gasteiger partial charge >= 0.3 is 12.0 Å². The highest BCUT2D eigenvalue weighted by atomic mass is 16.5. The third kappa shape index (κ3) is 4.68. The maximum atomic E-state index is 12.6. The van der Waals surface area contributed by atoms with Gasteiger partial charge in [-0.1, -0.05) is 30.4 Å². The molecule has 1 aliphatic heterocycles. The molecule has 0 aliphatic carbocycles. The van der Waals surface area contributed by atoms with Crippen LogP contribution in [0.25, 0.3) is 0 Å². The highest BCUT2D eigenvalue weighted by Gasteiger charge is 2.39. The van der Waals surface area contributed by atoms with Gasteiger partial charge in [0.15, 0.2) is 0 Å². The topological polar surface area (TPSA) is 77.0 Å². The van der Waals surface area contributed by atoms with E-state index in [1.165, 1.54) is 0 Å². The van der Waals surface area contributed by atoms with Gasteiger partial charge in [0.2, 0.25) is 0 Å². The average Bonchev–Trinajstić information content (AvgIpc) is 2.54. The number of benzene rings is 1. The van der Waals surface area contributed by atoms with Crippen LogP contribution in [0.4, 0.5) is 4.79 Å². The molecule has 1 aromatic carbocycles. The van der Waals surface area contributed by atoms with Gasteiger partial charge in [-0.2, -0.15) is 0 Å². The van der Waals surface area contributed by atoms with Gasteiger partial charge in [0.1, 0.15) is 18.3 Å². The Kier molecular flexibility index (Phi) is 6.33. The number of carbonyl (C=O) groups excluding carboxylic acids is 2. The van der Waals surface area contributed by atoms with Gasteiger partial charge < -0.3 is 14.8 Å². The number of urea groups is 1. The lowest BCUT2D eigenvalue weighted by Crippen LogP contribution is -2.44. The molecule has 1 aliphatic rings. The second kappa shape index (κ2) is 8.46. The zero-order chi connectivity index (χ0) is 18.4. The Morgan fingerprint density at radius 3 is 2.76 bits per heavy atom. The molecular weight excluding hydrogens is 320 g/mol. The van der Waals surface area contributed by atoms with Crippen LogP contribution in [-0.4, -0.2) is 30.4 Å². The summed E-state index contributed by atoms with van der Waals surface area (Å²) >= 11 is 0. The number of ether oxygens (including phenoxy) is 2. The highest BCUT2D eigenvalue weighted by molar-refractivity contribution is 6.08. The van der Waals surface area contributed by atoms with Crippen LogP contribution < -0.4 is 10.1 Å². The molecule has 1 N–H and O–H groups in total. The lowest BCUT2D eigenvalue weighted by atomic mass is 9.88. The number of nitrogens with zero attached hydrogens (tertiary/aromatic N) is 1. The van der Waals surface area contributed by atoms with Crippen molar-refractivity contribution >= 4 is 17.7 Å². The van der Waals surface area contributed by atoms with Crippen molar-refractivity contribution in [2.24, 2.45) is 10.9 Å². The van der Waals surface area contributed by atoms with E-state index in [1.54, 1.807) is 19.1 Å². The Hall–Kier alpha value is -2.63. The summed E-state index contributed by atoms with van der Waals surface area (Å²) in [6.07, 6.45) is 3.52. The van der Waals surface area contributed by atoms with E-state index in [9.17, 15) is 9.59 Å². The minimum absolute atomic E-state index is 0.0321. The summed E-state index contributed by atoms with van der Waals surface area (Å²) in [4.78, 5) is 28.4. The van der Waals surface area contributed by atoms with Gasteiger partial charge in [-0.25, -0.2) is 9.79 Å². The lowest BCUT2D eigenvalue weighted by molar-refractivity contribution is -0.145. The van der Waals surface area contributed by atoms with Crippen molar-refractivity contribution in [2.45, 2.75) is 39.8 Å². The van der Waals surface area contributed by atoms with Gasteiger partial charge in [-0.3, -0.25) is 4.79 Å². The van der Waals surface area contributed by atoms with Crippen LogP contribution in [-0.2, 0) is 9.53 Å². The van der Waals surface area contributed by atoms with Crippen LogP contribution in [0.3, 0.4) is 0 Å². The van der Waals surface area contributed by atoms with Crippen LogP contribution in [0.2, 0.25) is 0 Å². The van der Waals surface area contributed by atoms with E-state index in [1.807, 2.05) is 45.0 Å². The summed E-state index contributed by atoms with van der Waals surface area (Å²) in [7, 11) is 0. The van der Waals surface area contributed by atoms with Crippen molar-refractivity contribution in [2.75, 3.05) is 6.61 Å². The predicted molar refractivity (Wildman–Crippen MR) is 95.9 cm³/mol. The SMILES string of the molecule is C/C=C/COC(=O)C1C(C)=NC(=O)NC1c1ccccc1OC(C)C. The van der Waals surface area contributed by atoms with E-state index in [4.69, 9.17) is 9.47 Å². The maximum absolute atomic E-state index is 12.6. The molecule has 2 atom stereocenters. The lowest BCUT2D eigenvalue weighted by Gasteiger charge is -2.31. The Morgan fingerprint density at radius 2 is 2.08 bits per heavy atom. The number of nitrogens with one attached hydrogen (secondary N) is 1. The molecule has 6 heteroatoms. The quantitative estimate of drug-likeness (QED) is 0.633. The van der Waals surface area contributed by atoms with Gasteiger partial charge in [0.25, 0.3) is 0 Å². The number of esters is 1. The second-order valence-electron chi connectivity index (χ2n) is 6.06. The fourth-order valence-corrected chi connectivity index (χ4v) is 2.70. The Bertz CT molecular complexity index is 694. The molecular formula is C19H24N2O4. The molecule has 25 heavy (non-hydrogen) atoms. The largest absolute Gasteiger partial charge is 0.491 e. The number of hydrogen-bond acceptors (Lipinski definition) is 4. The molecule has 2 rings (SSSR count). The fourth-order valence-electron chi connectivity index (χ4n) is 2.70. The molecule has 2 amide bonds. The van der Waals surface area contributed by atoms with E-state index in [0.29, 0.717) is 11.5 Å². The molecule has 0 bridgehead atoms. The molecule has 134 valence electrons. The number of para-hydroxylation sites is 1. The van der Waals surface area contributed by atoms with Crippen LogP contribution in [0.15, 0.2) is 41.4 Å². The van der Waals surface area contributed by atoms with Gasteiger partial charge in [0, 0.05) is 11.3 Å². The minimum atomic E-state index is -0.695. The summed E-state index contributed by atoms with van der Waals surface area (Å²) in [5, 5.41) is 2.77. The first-order valence-corrected chi connectivity index (χ1v) is 8.33. The first-order valence-electron chi connectivity index (χ1n) is 8.33. The molecule has 2 unspecified atom stereocenters. The Balaban J connectivity index is 2.37. The normalized spacial score (nSPS) is 20.4. The summed E-state index contributed by atoms with van der Waals surface area (Å²) in [6.45, 7) is 7.55. The van der Waals surface area contributed by atoms with E-state index >= 15 is 0 Å². The van der Waals surface area contributed by atoms with Crippen molar-refractivity contribution in [1.82, 2.24) is 5.32 Å². The molecule has 6 nitrogen and oxygen atoms in total. The van der Waals surface area contributed by atoms with Crippen LogP contribution in [0.5, 0.6) is 5.75 Å². The summed E-state index contributed by atoms with van der Waals surface area (Å²) in [6, 6.07) is 6.31. The fraction of sp³-hybridized carbons (Fsp3) is 0.421. The Morgan fingerprint density at radius 1 is 1.36 bits per heavy atom. The van der Waals surface area contributed by atoms with Crippen molar-refractivity contribution in [3.63, 3.8) is 0 Å². The molecule has 0 aromatic heterocycles. The van der Waals surface area contributed by atoms with E-state index in [0.717, 1.165) is 5.56 Å². The summed E-state index contributed by atoms with van der Waals surface area (Å²) in [5.74, 6) is -0.493. The van der Waals surface area contributed by atoms with E-state index in [2.05, 4.69) is 10.3 Å². The van der Waals surface area contributed by atoms with E-state index < -0.39 is 24.0 Å². The Labute approximate surface area is 147 Å². The maximum Gasteiger partial charge on any atom is 0.341 e. The smallest absolute Gasteiger partial charge is 0.341 e. The number of allylic oxidation sites excluding steroid dienone is 1. The highest BCUT2D eigenvalue weighted by Crippen LogP contribution is 2.34. The number of hydrogen-bond donors (Lipinski definition) is 1. The monoisotopic (exact) mass is 344 g/mol. The number of carbonyl (C=O) groups is 2. The standard InChI is InChI=1S/C19H24N2O4/c1-5-6-11-24-18(22)16-13(4)20-19(23)21-17(16)14-9-7-8-10-15(14)25-12(2)3/h5-10,12,16-17H,11H2,1-4H3,(H,21,23)/b6-5+. The predicted octanol–water partition coefficient (Wildman–Crippen LogP) is 3.43. The number of amides is 2. The van der Waals surface area contributed by atoms with Gasteiger partial charge in [-0.05, 0) is 33.8 Å². The molecule has 1 aromatic rings. The molecule has 1 heterocycles. The van der Waals surface area contributed by atoms with Crippen molar-refractivity contribution in [3.8, 4) is 5.75 Å². The molecule has 0 fully saturated rings. The third-order valence-corrected chi connectivity index (χ3v) is 3.77. The van der Waals surface area contributed by atoms with E-state index in [-0.39, 0.29) is 12.7 Å². The average molecular weight is 344 g/mol. The van der Waals surface area contributed by atoms with Crippen LogP contribution in [0, 0.1) is 5.92 Å². The molecule has 0 saturated carbocycles. The molecule has 0 saturated heterocycles. The van der Waals surface area contributed by atoms with Gasteiger partial charge in [-0.15, -0.1) is 0 Å². The first kappa shape index (κ1) is 18.7. The second-order valence-corrected chi connectivity index (χ2v) is 6.06. The van der Waals surface area contributed by atoms with Gasteiger partial charge in [0.05, 0.1) is 12.1 Å². The van der Waals surface area contributed by atoms with Crippen LogP contribution >= 0.6 is 0 Å².